The van der Waals surface area contributed by atoms with Gasteiger partial charge in [-0.05, 0) is 36.9 Å². The maximum atomic E-state index is 13.0. The monoisotopic (exact) mass is 440 g/mol. The third kappa shape index (κ3) is 7.41. The van der Waals surface area contributed by atoms with E-state index < -0.39 is 0 Å². The summed E-state index contributed by atoms with van der Waals surface area (Å²) in [6.07, 6.45) is 5.76. The predicted molar refractivity (Wildman–Crippen MR) is 136 cm³/mol. The van der Waals surface area contributed by atoms with Crippen LogP contribution in [0.4, 0.5) is 5.69 Å². The number of amides is 1. The number of hydrogen-bond acceptors (Lipinski definition) is 4. The maximum absolute atomic E-state index is 13.0. The molecule has 1 aliphatic rings. The zero-order valence-electron chi connectivity index (χ0n) is 20.8. The van der Waals surface area contributed by atoms with Crippen LogP contribution in [0.15, 0.2) is 42.5 Å². The molecule has 5 heteroatoms. The summed E-state index contributed by atoms with van der Waals surface area (Å²) in [5.41, 5.74) is 3.31. The molecule has 0 radical (unpaired) electrons. The molecule has 0 unspecified atom stereocenters. The Morgan fingerprint density at radius 2 is 1.59 bits per heavy atom. The molecule has 0 bridgehead atoms. The molecule has 0 spiro atoms. The first-order valence-electron chi connectivity index (χ1n) is 11.6. The Labute approximate surface area is 194 Å². The summed E-state index contributed by atoms with van der Waals surface area (Å²) in [5.74, 6) is 1.40. The Balaban J connectivity index is 0.000000645. The van der Waals surface area contributed by atoms with Gasteiger partial charge in [-0.25, -0.2) is 0 Å². The van der Waals surface area contributed by atoms with Gasteiger partial charge in [0.25, 0.3) is 5.91 Å². The number of benzene rings is 2. The van der Waals surface area contributed by atoms with Gasteiger partial charge in [-0.3, -0.25) is 15.0 Å². The molecule has 0 saturated carbocycles. The number of carbonyl (C=O) groups is 1. The molecule has 2 aromatic rings. The zero-order valence-corrected chi connectivity index (χ0v) is 20.8. The van der Waals surface area contributed by atoms with Crippen LogP contribution in [0.25, 0.3) is 11.6 Å². The van der Waals surface area contributed by atoms with Crippen LogP contribution in [0.3, 0.4) is 0 Å². The Morgan fingerprint density at radius 3 is 2.16 bits per heavy atom. The van der Waals surface area contributed by atoms with Gasteiger partial charge in [0.1, 0.15) is 11.5 Å². The molecule has 1 aliphatic heterocycles. The average molecular weight is 441 g/mol. The van der Waals surface area contributed by atoms with Crippen LogP contribution in [0, 0.1) is 0 Å². The highest BCUT2D eigenvalue weighted by Crippen LogP contribution is 2.38. The fourth-order valence-corrected chi connectivity index (χ4v) is 2.93. The summed E-state index contributed by atoms with van der Waals surface area (Å²) in [6.45, 7) is 11.9. The third-order valence-corrected chi connectivity index (χ3v) is 4.72. The fraction of sp³-hybridized carbons (Fsp3) is 0.444. The first-order chi connectivity index (χ1) is 15.5. The van der Waals surface area contributed by atoms with Gasteiger partial charge in [0.05, 0.1) is 26.6 Å². The van der Waals surface area contributed by atoms with E-state index in [9.17, 15) is 4.79 Å². The molecule has 1 N–H and O–H groups in total. The van der Waals surface area contributed by atoms with Crippen molar-refractivity contribution in [3.05, 3.63) is 53.6 Å². The number of nitrogens with zero attached hydrogens (tertiary/aromatic N) is 1. The molecule has 5 nitrogen and oxygen atoms in total. The molecule has 0 atom stereocenters. The molecular weight excluding hydrogens is 400 g/mol. The Bertz CT molecular complexity index is 860. The topological polar surface area (TPSA) is 50.8 Å². The van der Waals surface area contributed by atoms with E-state index in [4.69, 9.17) is 9.47 Å². The predicted octanol–water partition coefficient (Wildman–Crippen LogP) is 6.38. The van der Waals surface area contributed by atoms with Crippen molar-refractivity contribution in [2.24, 2.45) is 0 Å². The van der Waals surface area contributed by atoms with Crippen molar-refractivity contribution in [2.45, 2.75) is 53.9 Å². The summed E-state index contributed by atoms with van der Waals surface area (Å²) in [4.78, 5) is 14.7. The van der Waals surface area contributed by atoms with E-state index in [-0.39, 0.29) is 5.91 Å². The lowest BCUT2D eigenvalue weighted by Crippen LogP contribution is -2.36. The van der Waals surface area contributed by atoms with Gasteiger partial charge in [0.15, 0.2) is 0 Å². The SMILES string of the molecule is CCC.CCCC.CCNCN1C(=O)/C(=C/c2cc(OC)ccc2OC)c2ccccc21. The van der Waals surface area contributed by atoms with Gasteiger partial charge in [0.2, 0.25) is 0 Å². The summed E-state index contributed by atoms with van der Waals surface area (Å²) in [6, 6.07) is 13.4. The highest BCUT2D eigenvalue weighted by atomic mass is 16.5. The Morgan fingerprint density at radius 1 is 0.938 bits per heavy atom. The second-order valence-electron chi connectivity index (χ2n) is 7.39. The van der Waals surface area contributed by atoms with Gasteiger partial charge >= 0.3 is 0 Å². The smallest absolute Gasteiger partial charge is 0.260 e. The molecule has 1 amide bonds. The molecular formula is C27H40N2O3. The molecule has 1 heterocycles. The summed E-state index contributed by atoms with van der Waals surface area (Å²) in [7, 11) is 3.23. The number of para-hydroxylation sites is 1. The Hall–Kier alpha value is -2.79. The minimum atomic E-state index is -0.0213. The molecule has 0 aliphatic carbocycles. The first kappa shape index (κ1) is 27.2. The minimum absolute atomic E-state index is 0.0213. The lowest BCUT2D eigenvalue weighted by Gasteiger charge is -2.17. The lowest BCUT2D eigenvalue weighted by molar-refractivity contribution is -0.113. The van der Waals surface area contributed by atoms with Gasteiger partial charge < -0.3 is 9.47 Å². The van der Waals surface area contributed by atoms with E-state index in [1.807, 2.05) is 55.5 Å². The standard InChI is InChI=1S/C20H22N2O3.C4H10.C3H8/c1-4-21-13-22-18-8-6-5-7-16(18)17(20(22)23)12-14-11-15(24-2)9-10-19(14)25-3;1-3-4-2;1-3-2/h5-12,21H,4,13H2,1-3H3;3-4H2,1-2H3;3H2,1-2H3/b17-12+;;. The van der Waals surface area contributed by atoms with E-state index in [1.54, 1.807) is 19.1 Å². The van der Waals surface area contributed by atoms with Crippen LogP contribution in [0.2, 0.25) is 0 Å². The number of fused-ring (bicyclic) bond motifs is 1. The Kier molecular flexibility index (Phi) is 12.8. The van der Waals surface area contributed by atoms with Gasteiger partial charge in [-0.2, -0.15) is 0 Å². The molecule has 3 rings (SSSR count). The van der Waals surface area contributed by atoms with Crippen LogP contribution in [0.1, 0.15) is 65.0 Å². The van der Waals surface area contributed by atoms with Crippen molar-refractivity contribution >= 4 is 23.2 Å². The molecule has 2 aromatic carbocycles. The van der Waals surface area contributed by atoms with Gasteiger partial charge in [-0.1, -0.05) is 72.1 Å². The molecule has 32 heavy (non-hydrogen) atoms. The largest absolute Gasteiger partial charge is 0.497 e. The number of ether oxygens (including phenoxy) is 2. The number of unbranched alkanes of at least 4 members (excludes halogenated alkanes) is 1. The molecule has 0 fully saturated rings. The van der Waals surface area contributed by atoms with Gasteiger partial charge in [-0.15, -0.1) is 0 Å². The van der Waals surface area contributed by atoms with Crippen molar-refractivity contribution in [1.29, 1.82) is 0 Å². The molecule has 0 saturated heterocycles. The van der Waals surface area contributed by atoms with E-state index >= 15 is 0 Å². The quantitative estimate of drug-likeness (QED) is 0.508. The second kappa shape index (κ2) is 15.1. The number of rotatable bonds is 7. The number of nitrogens with one attached hydrogen (secondary N) is 1. The summed E-state index contributed by atoms with van der Waals surface area (Å²) in [5, 5.41) is 3.22. The van der Waals surface area contributed by atoms with E-state index in [2.05, 4.69) is 33.0 Å². The second-order valence-corrected chi connectivity index (χ2v) is 7.39. The van der Waals surface area contributed by atoms with Crippen LogP contribution in [-0.2, 0) is 4.79 Å². The molecule has 0 aromatic heterocycles. The van der Waals surface area contributed by atoms with E-state index in [0.29, 0.717) is 18.0 Å². The van der Waals surface area contributed by atoms with Gasteiger partial charge in [0, 0.05) is 16.7 Å². The van der Waals surface area contributed by atoms with E-state index in [0.717, 1.165) is 29.1 Å². The lowest BCUT2D eigenvalue weighted by atomic mass is 10.0. The third-order valence-electron chi connectivity index (χ3n) is 4.72. The number of carbonyl (C=O) groups excluding carboxylic acids is 1. The number of hydrogen-bond donors (Lipinski definition) is 1. The van der Waals surface area contributed by atoms with Crippen LogP contribution >= 0.6 is 0 Å². The fourth-order valence-electron chi connectivity index (χ4n) is 2.93. The highest BCUT2D eigenvalue weighted by molar-refractivity contribution is 6.35. The normalized spacial score (nSPS) is 13.0. The number of anilines is 1. The van der Waals surface area contributed by atoms with Crippen molar-refractivity contribution < 1.29 is 14.3 Å². The van der Waals surface area contributed by atoms with Crippen LogP contribution in [-0.4, -0.2) is 33.3 Å². The van der Waals surface area contributed by atoms with Crippen molar-refractivity contribution in [3.8, 4) is 11.5 Å². The van der Waals surface area contributed by atoms with Crippen molar-refractivity contribution in [3.63, 3.8) is 0 Å². The highest BCUT2D eigenvalue weighted by Gasteiger charge is 2.31. The zero-order chi connectivity index (χ0) is 23.9. The van der Waals surface area contributed by atoms with Crippen molar-refractivity contribution in [1.82, 2.24) is 5.32 Å². The minimum Gasteiger partial charge on any atom is -0.497 e. The van der Waals surface area contributed by atoms with Crippen molar-refractivity contribution in [2.75, 3.05) is 32.3 Å². The van der Waals surface area contributed by atoms with E-state index in [1.165, 1.54) is 19.3 Å². The number of methoxy groups -OCH3 is 2. The maximum Gasteiger partial charge on any atom is 0.260 e. The summed E-state index contributed by atoms with van der Waals surface area (Å²) >= 11 is 0. The molecule has 176 valence electrons. The average Bonchev–Trinajstić information content (AvgIpc) is 3.09. The summed E-state index contributed by atoms with van der Waals surface area (Å²) < 4.78 is 10.7. The van der Waals surface area contributed by atoms with Crippen LogP contribution in [0.5, 0.6) is 11.5 Å². The first-order valence-corrected chi connectivity index (χ1v) is 11.6. The van der Waals surface area contributed by atoms with Crippen LogP contribution < -0.4 is 19.7 Å².